The molecule has 0 aliphatic carbocycles. The lowest BCUT2D eigenvalue weighted by Crippen LogP contribution is -2.33. The summed E-state index contributed by atoms with van der Waals surface area (Å²) < 4.78 is 13.8. The minimum Gasteiger partial charge on any atom is -0.392 e. The first-order valence-electron chi connectivity index (χ1n) is 6.60. The van der Waals surface area contributed by atoms with Gasteiger partial charge in [-0.2, -0.15) is 5.26 Å². The smallest absolute Gasteiger partial charge is 0.129 e. The summed E-state index contributed by atoms with van der Waals surface area (Å²) in [4.78, 5) is 0. The van der Waals surface area contributed by atoms with Crippen LogP contribution < -0.4 is 5.32 Å². The topological polar surface area (TPSA) is 56.0 Å². The van der Waals surface area contributed by atoms with Crippen LogP contribution >= 0.6 is 0 Å². The van der Waals surface area contributed by atoms with Gasteiger partial charge in [-0.05, 0) is 25.0 Å². The highest BCUT2D eigenvalue weighted by atomic mass is 19.1. The molecular formula is C15H21FN2O. The molecule has 0 bridgehead atoms. The minimum atomic E-state index is -0.436. The molecule has 0 saturated carbocycles. The van der Waals surface area contributed by atoms with E-state index in [2.05, 4.69) is 5.32 Å². The van der Waals surface area contributed by atoms with Crippen LogP contribution in [0.25, 0.3) is 0 Å². The molecule has 0 spiro atoms. The molecule has 1 rings (SSSR count). The molecule has 0 aliphatic rings. The van der Waals surface area contributed by atoms with E-state index in [0.29, 0.717) is 17.7 Å². The van der Waals surface area contributed by atoms with Crippen LogP contribution in [0.15, 0.2) is 18.2 Å². The summed E-state index contributed by atoms with van der Waals surface area (Å²) in [6.45, 7) is 6.28. The Hall–Kier alpha value is -1.44. The molecule has 0 aliphatic heterocycles. The van der Waals surface area contributed by atoms with Crippen LogP contribution in [-0.2, 0) is 0 Å². The highest BCUT2D eigenvalue weighted by molar-refractivity contribution is 5.34. The van der Waals surface area contributed by atoms with E-state index in [0.717, 1.165) is 6.42 Å². The Kier molecular flexibility index (Phi) is 5.94. The van der Waals surface area contributed by atoms with Crippen LogP contribution in [0.2, 0.25) is 0 Å². The Labute approximate surface area is 114 Å². The van der Waals surface area contributed by atoms with Gasteiger partial charge in [0.15, 0.2) is 0 Å². The lowest BCUT2D eigenvalue weighted by Gasteiger charge is -2.21. The summed E-state index contributed by atoms with van der Waals surface area (Å²) in [5.74, 6) is -0.178. The maximum atomic E-state index is 13.8. The standard InChI is InChI=1S/C15H21FN2O/c1-4-10(2)15(19)9-18-11(3)13-6-5-12(8-17)7-14(13)16/h5-7,10-11,15,18-19H,4,9H2,1-3H3. The summed E-state index contributed by atoms with van der Waals surface area (Å²) >= 11 is 0. The first-order valence-corrected chi connectivity index (χ1v) is 6.60. The van der Waals surface area contributed by atoms with Gasteiger partial charge in [-0.15, -0.1) is 0 Å². The molecule has 0 saturated heterocycles. The van der Waals surface area contributed by atoms with Crippen molar-refractivity contribution in [1.82, 2.24) is 5.32 Å². The predicted octanol–water partition coefficient (Wildman–Crippen LogP) is 2.75. The van der Waals surface area contributed by atoms with Crippen LogP contribution in [0, 0.1) is 23.1 Å². The minimum absolute atomic E-state index is 0.202. The Morgan fingerprint density at radius 2 is 2.11 bits per heavy atom. The number of aliphatic hydroxyl groups excluding tert-OH is 1. The summed E-state index contributed by atoms with van der Waals surface area (Å²) in [7, 11) is 0. The molecule has 19 heavy (non-hydrogen) atoms. The molecular weight excluding hydrogens is 243 g/mol. The Bertz CT molecular complexity index is 456. The van der Waals surface area contributed by atoms with Crippen molar-refractivity contribution in [3.8, 4) is 6.07 Å². The van der Waals surface area contributed by atoms with Crippen LogP contribution in [0.4, 0.5) is 4.39 Å². The third-order valence-corrected chi connectivity index (χ3v) is 3.53. The van der Waals surface area contributed by atoms with E-state index in [1.54, 1.807) is 12.1 Å². The number of rotatable bonds is 6. The third kappa shape index (κ3) is 4.30. The van der Waals surface area contributed by atoms with Crippen LogP contribution in [0.1, 0.15) is 44.4 Å². The van der Waals surface area contributed by atoms with Crippen molar-refractivity contribution in [2.75, 3.05) is 6.54 Å². The van der Waals surface area contributed by atoms with Gasteiger partial charge in [-0.25, -0.2) is 4.39 Å². The summed E-state index contributed by atoms with van der Waals surface area (Å²) in [6, 6.07) is 6.15. The number of hydrogen-bond donors (Lipinski definition) is 2. The highest BCUT2D eigenvalue weighted by Gasteiger charge is 2.15. The van der Waals surface area contributed by atoms with Crippen molar-refractivity contribution in [3.63, 3.8) is 0 Å². The maximum absolute atomic E-state index is 13.8. The van der Waals surface area contributed by atoms with E-state index < -0.39 is 11.9 Å². The largest absolute Gasteiger partial charge is 0.392 e. The van der Waals surface area contributed by atoms with Gasteiger partial charge in [-0.1, -0.05) is 26.3 Å². The second kappa shape index (κ2) is 7.22. The molecule has 3 atom stereocenters. The summed E-state index contributed by atoms with van der Waals surface area (Å²) in [6.07, 6.45) is 0.469. The molecule has 2 N–H and O–H groups in total. The van der Waals surface area contributed by atoms with E-state index in [4.69, 9.17) is 5.26 Å². The van der Waals surface area contributed by atoms with Gasteiger partial charge in [0.2, 0.25) is 0 Å². The van der Waals surface area contributed by atoms with Gasteiger partial charge >= 0.3 is 0 Å². The van der Waals surface area contributed by atoms with E-state index in [1.165, 1.54) is 6.07 Å². The van der Waals surface area contributed by atoms with Crippen molar-refractivity contribution >= 4 is 0 Å². The SMILES string of the molecule is CCC(C)C(O)CNC(C)c1ccc(C#N)cc1F. The fourth-order valence-electron chi connectivity index (χ4n) is 1.83. The zero-order valence-corrected chi connectivity index (χ0v) is 11.7. The molecule has 3 unspecified atom stereocenters. The van der Waals surface area contributed by atoms with Crippen molar-refractivity contribution < 1.29 is 9.50 Å². The molecule has 0 radical (unpaired) electrons. The average molecular weight is 264 g/mol. The Balaban J connectivity index is 2.64. The summed E-state index contributed by atoms with van der Waals surface area (Å²) in [5.41, 5.74) is 0.823. The quantitative estimate of drug-likeness (QED) is 0.830. The predicted molar refractivity (Wildman–Crippen MR) is 73.0 cm³/mol. The number of nitriles is 1. The van der Waals surface area contributed by atoms with Crippen molar-refractivity contribution in [3.05, 3.63) is 35.1 Å². The number of halogens is 1. The normalized spacial score (nSPS) is 15.6. The van der Waals surface area contributed by atoms with E-state index >= 15 is 0 Å². The molecule has 1 aromatic rings. The molecule has 104 valence electrons. The molecule has 0 heterocycles. The first-order chi connectivity index (χ1) is 8.99. The van der Waals surface area contributed by atoms with Crippen molar-refractivity contribution in [1.29, 1.82) is 5.26 Å². The average Bonchev–Trinajstić information content (AvgIpc) is 2.43. The fourth-order valence-corrected chi connectivity index (χ4v) is 1.83. The van der Waals surface area contributed by atoms with Crippen molar-refractivity contribution in [2.45, 2.75) is 39.3 Å². The Morgan fingerprint density at radius 1 is 1.42 bits per heavy atom. The second-order valence-corrected chi connectivity index (χ2v) is 4.93. The molecule has 4 heteroatoms. The third-order valence-electron chi connectivity index (χ3n) is 3.53. The van der Waals surface area contributed by atoms with Gasteiger partial charge in [0.25, 0.3) is 0 Å². The zero-order valence-electron chi connectivity index (χ0n) is 11.7. The van der Waals surface area contributed by atoms with Gasteiger partial charge in [0.05, 0.1) is 17.7 Å². The van der Waals surface area contributed by atoms with Gasteiger partial charge in [0, 0.05) is 18.2 Å². The lowest BCUT2D eigenvalue weighted by atomic mass is 10.0. The number of nitrogens with one attached hydrogen (secondary N) is 1. The van der Waals surface area contributed by atoms with Crippen LogP contribution in [0.5, 0.6) is 0 Å². The Morgan fingerprint density at radius 3 is 2.63 bits per heavy atom. The van der Waals surface area contributed by atoms with Crippen LogP contribution in [-0.4, -0.2) is 17.8 Å². The maximum Gasteiger partial charge on any atom is 0.129 e. The van der Waals surface area contributed by atoms with Crippen LogP contribution in [0.3, 0.4) is 0 Å². The van der Waals surface area contributed by atoms with E-state index in [9.17, 15) is 9.50 Å². The molecule has 0 amide bonds. The molecule has 1 aromatic carbocycles. The number of hydrogen-bond acceptors (Lipinski definition) is 3. The second-order valence-electron chi connectivity index (χ2n) is 4.93. The number of nitrogens with zero attached hydrogens (tertiary/aromatic N) is 1. The fraction of sp³-hybridized carbons (Fsp3) is 0.533. The monoisotopic (exact) mass is 264 g/mol. The van der Waals surface area contributed by atoms with E-state index in [-0.39, 0.29) is 12.0 Å². The van der Waals surface area contributed by atoms with E-state index in [1.807, 2.05) is 26.8 Å². The summed E-state index contributed by atoms with van der Waals surface area (Å²) in [5, 5.41) is 21.7. The van der Waals surface area contributed by atoms with Gasteiger partial charge in [0.1, 0.15) is 5.82 Å². The first kappa shape index (κ1) is 15.6. The number of benzene rings is 1. The molecule has 3 nitrogen and oxygen atoms in total. The van der Waals surface area contributed by atoms with Gasteiger partial charge < -0.3 is 10.4 Å². The molecule has 0 fully saturated rings. The highest BCUT2D eigenvalue weighted by Crippen LogP contribution is 2.18. The number of aliphatic hydroxyl groups is 1. The van der Waals surface area contributed by atoms with Gasteiger partial charge in [-0.3, -0.25) is 0 Å². The zero-order chi connectivity index (χ0) is 14.4. The molecule has 0 aromatic heterocycles. The lowest BCUT2D eigenvalue weighted by molar-refractivity contribution is 0.110. The van der Waals surface area contributed by atoms with Crippen molar-refractivity contribution in [2.24, 2.45) is 5.92 Å².